The number of amidine groups is 1. The normalized spacial score (nSPS) is 17.6. The van der Waals surface area contributed by atoms with Gasteiger partial charge in [0.15, 0.2) is 0 Å². The number of aliphatic imine (C=N–C) groups is 1. The minimum atomic E-state index is -0.249. The summed E-state index contributed by atoms with van der Waals surface area (Å²) in [4.78, 5) is 15.3. The highest BCUT2D eigenvalue weighted by molar-refractivity contribution is 6.26. The van der Waals surface area contributed by atoms with Crippen molar-refractivity contribution < 1.29 is 4.79 Å². The van der Waals surface area contributed by atoms with E-state index in [4.69, 9.17) is 5.73 Å². The van der Waals surface area contributed by atoms with E-state index in [1.807, 2.05) is 30.3 Å². The van der Waals surface area contributed by atoms with Gasteiger partial charge in [0.05, 0.1) is 5.57 Å². The molecule has 15 heavy (non-hydrogen) atoms. The summed E-state index contributed by atoms with van der Waals surface area (Å²) in [6.45, 7) is 0. The topological polar surface area (TPSA) is 55.4 Å². The van der Waals surface area contributed by atoms with Gasteiger partial charge < -0.3 is 5.73 Å². The van der Waals surface area contributed by atoms with Crippen LogP contribution in [0.2, 0.25) is 0 Å². The first-order valence-electron chi connectivity index (χ1n) is 4.67. The number of carbonyl (C=O) groups excluding carboxylic acids is 1. The van der Waals surface area contributed by atoms with Gasteiger partial charge in [-0.05, 0) is 28.9 Å². The second-order valence-electron chi connectivity index (χ2n) is 3.55. The fourth-order valence-corrected chi connectivity index (χ4v) is 1.94. The van der Waals surface area contributed by atoms with Gasteiger partial charge in [-0.3, -0.25) is 4.79 Å². The highest BCUT2D eigenvalue weighted by atomic mass is 16.1. The van der Waals surface area contributed by atoms with E-state index >= 15 is 0 Å². The van der Waals surface area contributed by atoms with Crippen molar-refractivity contribution in [2.75, 3.05) is 0 Å². The third-order valence-electron chi connectivity index (χ3n) is 2.59. The first-order chi connectivity index (χ1) is 7.25. The van der Waals surface area contributed by atoms with Crippen LogP contribution in [0.1, 0.15) is 11.1 Å². The molecule has 72 valence electrons. The molecular formula is C12H8N2O. The van der Waals surface area contributed by atoms with Crippen LogP contribution < -0.4 is 5.73 Å². The molecule has 0 saturated carbocycles. The molecule has 1 aliphatic carbocycles. The molecule has 1 aliphatic heterocycles. The van der Waals surface area contributed by atoms with Crippen molar-refractivity contribution in [2.24, 2.45) is 10.7 Å². The molecule has 1 amide bonds. The lowest BCUT2D eigenvalue weighted by Crippen LogP contribution is -2.17. The predicted molar refractivity (Wildman–Crippen MR) is 59.0 cm³/mol. The van der Waals surface area contributed by atoms with Crippen LogP contribution in [0.3, 0.4) is 0 Å². The fourth-order valence-electron chi connectivity index (χ4n) is 1.94. The van der Waals surface area contributed by atoms with Gasteiger partial charge in [-0.15, -0.1) is 0 Å². The van der Waals surface area contributed by atoms with Crippen molar-refractivity contribution in [3.05, 3.63) is 47.0 Å². The van der Waals surface area contributed by atoms with Crippen molar-refractivity contribution in [3.8, 4) is 0 Å². The van der Waals surface area contributed by atoms with Gasteiger partial charge in [-0.1, -0.05) is 24.3 Å². The summed E-state index contributed by atoms with van der Waals surface area (Å²) in [5, 5.41) is 0. The maximum atomic E-state index is 11.6. The van der Waals surface area contributed by atoms with E-state index in [-0.39, 0.29) is 11.7 Å². The van der Waals surface area contributed by atoms with E-state index in [1.54, 1.807) is 6.08 Å². The Balaban J connectivity index is 2.28. The van der Waals surface area contributed by atoms with Gasteiger partial charge in [-0.2, -0.15) is 4.99 Å². The Morgan fingerprint density at radius 3 is 2.73 bits per heavy atom. The second kappa shape index (κ2) is 2.67. The Hall–Kier alpha value is -2.16. The molecule has 2 N–H and O–H groups in total. The molecule has 0 bridgehead atoms. The van der Waals surface area contributed by atoms with Crippen LogP contribution >= 0.6 is 0 Å². The molecule has 2 aliphatic rings. The van der Waals surface area contributed by atoms with Crippen molar-refractivity contribution in [1.29, 1.82) is 0 Å². The maximum Gasteiger partial charge on any atom is 0.279 e. The summed E-state index contributed by atoms with van der Waals surface area (Å²) >= 11 is 0. The minimum absolute atomic E-state index is 0.249. The molecule has 3 heteroatoms. The molecule has 1 aromatic rings. The van der Waals surface area contributed by atoms with Crippen LogP contribution in [0, 0.1) is 0 Å². The monoisotopic (exact) mass is 196 g/mol. The molecule has 1 heterocycles. The lowest BCUT2D eigenvalue weighted by Gasteiger charge is -2.08. The Bertz CT molecular complexity index is 565. The van der Waals surface area contributed by atoms with Gasteiger partial charge in [0.1, 0.15) is 5.84 Å². The van der Waals surface area contributed by atoms with Crippen LogP contribution in [-0.2, 0) is 4.79 Å². The lowest BCUT2D eigenvalue weighted by atomic mass is 10.0. The Labute approximate surface area is 86.6 Å². The number of nitrogens with zero attached hydrogens (tertiary/aromatic N) is 1. The molecule has 3 rings (SSSR count). The summed E-state index contributed by atoms with van der Waals surface area (Å²) in [5.41, 5.74) is 9.21. The molecule has 1 aromatic carbocycles. The standard InChI is InChI=1S/C12H8N2O/c13-11-6-9-8-4-2-1-3-7(8)5-10(9)12(15)14-11/h1-6H,(H2,13,14,15). The number of amides is 1. The molecule has 0 unspecified atom stereocenters. The molecular weight excluding hydrogens is 188 g/mol. The number of fused-ring (bicyclic) bond motifs is 3. The molecule has 0 spiro atoms. The van der Waals surface area contributed by atoms with E-state index in [9.17, 15) is 4.79 Å². The van der Waals surface area contributed by atoms with E-state index in [0.29, 0.717) is 5.57 Å². The van der Waals surface area contributed by atoms with E-state index in [2.05, 4.69) is 4.99 Å². The Kier molecular flexibility index (Phi) is 1.45. The summed E-state index contributed by atoms with van der Waals surface area (Å²) in [7, 11) is 0. The quantitative estimate of drug-likeness (QED) is 0.681. The molecule has 0 saturated heterocycles. The van der Waals surface area contributed by atoms with E-state index in [0.717, 1.165) is 16.7 Å². The van der Waals surface area contributed by atoms with E-state index < -0.39 is 0 Å². The third kappa shape index (κ3) is 1.06. The highest BCUT2D eigenvalue weighted by Gasteiger charge is 2.26. The smallest absolute Gasteiger partial charge is 0.279 e. The second-order valence-corrected chi connectivity index (χ2v) is 3.55. The van der Waals surface area contributed by atoms with Crippen molar-refractivity contribution in [1.82, 2.24) is 0 Å². The number of hydrogen-bond acceptors (Lipinski definition) is 2. The molecule has 3 nitrogen and oxygen atoms in total. The van der Waals surface area contributed by atoms with Gasteiger partial charge in [-0.25, -0.2) is 0 Å². The molecule has 0 atom stereocenters. The average Bonchev–Trinajstić information content (AvgIpc) is 2.57. The summed E-state index contributed by atoms with van der Waals surface area (Å²) in [6.07, 6.45) is 3.61. The van der Waals surface area contributed by atoms with Crippen LogP contribution in [0.4, 0.5) is 0 Å². The highest BCUT2D eigenvalue weighted by Crippen LogP contribution is 2.37. The zero-order valence-corrected chi connectivity index (χ0v) is 7.90. The first kappa shape index (κ1) is 8.17. The van der Waals surface area contributed by atoms with Gasteiger partial charge in [0, 0.05) is 0 Å². The fraction of sp³-hybridized carbons (Fsp3) is 0. The SMILES string of the molecule is NC1=NC(=O)C2=Cc3ccccc3C2=C1. The van der Waals surface area contributed by atoms with E-state index in [1.165, 1.54) is 0 Å². The summed E-state index contributed by atoms with van der Waals surface area (Å²) in [6, 6.07) is 7.85. The van der Waals surface area contributed by atoms with Gasteiger partial charge in [0.25, 0.3) is 5.91 Å². The zero-order chi connectivity index (χ0) is 10.4. The van der Waals surface area contributed by atoms with Crippen molar-refractivity contribution in [2.45, 2.75) is 0 Å². The Morgan fingerprint density at radius 2 is 1.87 bits per heavy atom. The lowest BCUT2D eigenvalue weighted by molar-refractivity contribution is -0.113. The number of nitrogens with two attached hydrogens (primary N) is 1. The number of dihydropyridines is 1. The average molecular weight is 196 g/mol. The predicted octanol–water partition coefficient (Wildman–Crippen LogP) is 1.36. The first-order valence-corrected chi connectivity index (χ1v) is 4.67. The summed E-state index contributed by atoms with van der Waals surface area (Å²) < 4.78 is 0. The molecule has 0 radical (unpaired) electrons. The van der Waals surface area contributed by atoms with Crippen molar-refractivity contribution >= 4 is 23.4 Å². The van der Waals surface area contributed by atoms with Crippen LogP contribution in [0.15, 0.2) is 40.9 Å². The molecule has 0 aromatic heterocycles. The number of carbonyl (C=O) groups is 1. The molecule has 0 fully saturated rings. The maximum absolute atomic E-state index is 11.6. The number of hydrogen-bond donors (Lipinski definition) is 1. The largest absolute Gasteiger partial charge is 0.384 e. The third-order valence-corrected chi connectivity index (χ3v) is 2.59. The van der Waals surface area contributed by atoms with Crippen LogP contribution in [0.5, 0.6) is 0 Å². The van der Waals surface area contributed by atoms with Crippen LogP contribution in [0.25, 0.3) is 11.6 Å². The van der Waals surface area contributed by atoms with Gasteiger partial charge >= 0.3 is 0 Å². The number of rotatable bonds is 0. The van der Waals surface area contributed by atoms with Gasteiger partial charge in [0.2, 0.25) is 0 Å². The van der Waals surface area contributed by atoms with Crippen LogP contribution in [-0.4, -0.2) is 11.7 Å². The summed E-state index contributed by atoms with van der Waals surface area (Å²) in [5.74, 6) is 0.0325. The van der Waals surface area contributed by atoms with Crippen molar-refractivity contribution in [3.63, 3.8) is 0 Å². The number of benzene rings is 1. The Morgan fingerprint density at radius 1 is 1.07 bits per heavy atom. The zero-order valence-electron chi connectivity index (χ0n) is 7.90. The minimum Gasteiger partial charge on any atom is -0.384 e.